The summed E-state index contributed by atoms with van der Waals surface area (Å²) in [7, 11) is 4.00. The molecule has 5 nitrogen and oxygen atoms in total. The van der Waals surface area contributed by atoms with Crippen LogP contribution in [0.3, 0.4) is 0 Å². The molecule has 0 aliphatic heterocycles. The molecule has 1 aromatic rings. The zero-order valence-corrected chi connectivity index (χ0v) is 22.0. The van der Waals surface area contributed by atoms with Gasteiger partial charge in [-0.2, -0.15) is 0 Å². The molecule has 0 bridgehead atoms. The lowest BCUT2D eigenvalue weighted by Crippen LogP contribution is -2.43. The minimum atomic E-state index is -0.297. The summed E-state index contributed by atoms with van der Waals surface area (Å²) in [5.41, 5.74) is 6.54. The molecule has 2 saturated carbocycles. The van der Waals surface area contributed by atoms with Gasteiger partial charge in [0.25, 0.3) is 0 Å². The zero-order valence-electron chi connectivity index (χ0n) is 22.0. The van der Waals surface area contributed by atoms with Gasteiger partial charge in [0, 0.05) is 38.5 Å². The Bertz CT molecular complexity index is 1110. The topological polar surface area (TPSA) is 63.7 Å². The molecular weight excluding hydrogens is 450 g/mol. The second kappa shape index (κ2) is 9.99. The molecule has 4 atom stereocenters. The van der Waals surface area contributed by atoms with E-state index in [0.717, 1.165) is 56.2 Å². The molecule has 4 aliphatic rings. The van der Waals surface area contributed by atoms with Crippen molar-refractivity contribution in [3.63, 3.8) is 0 Å². The Morgan fingerprint density at radius 1 is 1.03 bits per heavy atom. The van der Waals surface area contributed by atoms with Crippen LogP contribution in [-0.2, 0) is 25.5 Å². The molecule has 5 rings (SSSR count). The third kappa shape index (κ3) is 4.69. The van der Waals surface area contributed by atoms with Crippen LogP contribution in [0.25, 0.3) is 0 Å². The first-order valence-corrected chi connectivity index (χ1v) is 13.7. The molecule has 0 radical (unpaired) electrons. The monoisotopic (exact) mass is 489 g/mol. The zero-order chi connectivity index (χ0) is 25.4. The largest absolute Gasteiger partial charge is 0.458 e. The Labute approximate surface area is 215 Å². The number of Topliss-reactive ketones (excluding diaryl/α,β-unsaturated/α-hetero) is 1. The highest BCUT2D eigenvalue weighted by molar-refractivity contribution is 5.93. The van der Waals surface area contributed by atoms with E-state index in [-0.39, 0.29) is 41.9 Å². The second-order valence-electron chi connectivity index (χ2n) is 11.7. The highest BCUT2D eigenvalue weighted by Crippen LogP contribution is 2.62. The second-order valence-corrected chi connectivity index (χ2v) is 11.7. The number of ketones is 2. The van der Waals surface area contributed by atoms with Crippen LogP contribution in [0.4, 0.5) is 5.69 Å². The molecule has 0 saturated heterocycles. The molecule has 0 spiro atoms. The average molecular weight is 490 g/mol. The van der Waals surface area contributed by atoms with E-state index in [4.69, 9.17) is 4.74 Å². The molecule has 192 valence electrons. The van der Waals surface area contributed by atoms with Crippen LogP contribution in [0.1, 0.15) is 70.3 Å². The molecule has 1 aromatic carbocycles. The van der Waals surface area contributed by atoms with E-state index < -0.39 is 0 Å². The molecule has 0 aromatic heterocycles. The van der Waals surface area contributed by atoms with Gasteiger partial charge < -0.3 is 9.64 Å². The number of esters is 1. The van der Waals surface area contributed by atoms with E-state index in [1.54, 1.807) is 5.57 Å². The van der Waals surface area contributed by atoms with Crippen LogP contribution >= 0.6 is 0 Å². The predicted molar refractivity (Wildman–Crippen MR) is 141 cm³/mol. The van der Waals surface area contributed by atoms with Gasteiger partial charge >= 0.3 is 5.97 Å². The summed E-state index contributed by atoms with van der Waals surface area (Å²) in [5, 5.41) is 0. The third-order valence-electron chi connectivity index (χ3n) is 9.57. The van der Waals surface area contributed by atoms with Crippen molar-refractivity contribution in [3.05, 3.63) is 52.6 Å². The summed E-state index contributed by atoms with van der Waals surface area (Å²) in [5.74, 6) is 1.11. The van der Waals surface area contributed by atoms with Crippen molar-refractivity contribution < 1.29 is 19.1 Å². The lowest BCUT2D eigenvalue weighted by atomic mass is 9.55. The summed E-state index contributed by atoms with van der Waals surface area (Å²) in [6, 6.07) is 8.17. The van der Waals surface area contributed by atoms with Crippen LogP contribution in [-0.4, -0.2) is 38.2 Å². The van der Waals surface area contributed by atoms with Gasteiger partial charge in [0.05, 0.1) is 0 Å². The van der Waals surface area contributed by atoms with Crippen molar-refractivity contribution in [1.29, 1.82) is 0 Å². The van der Waals surface area contributed by atoms with Crippen LogP contribution in [0, 0.1) is 23.2 Å². The number of carbonyl (C=O) groups is 3. The number of nitrogens with zero attached hydrogens (tertiary/aromatic N) is 1. The standard InChI is InChI=1S/C31H39NO4/c1-31-17-16-25-24-12-10-23(33)18-21(24)7-11-26(25)27(31)13-14-28(31)29(34)19-36-30(35)15-6-20-4-8-22(9-5-20)32(2)3/h4-5,8-9,18,26-28H,6-7,10-17,19H2,1-3H3/t26-,27+,28-,31+/m1/s1. The number of ether oxygens (including phenoxy) is 1. The van der Waals surface area contributed by atoms with Gasteiger partial charge in [0.15, 0.2) is 11.6 Å². The number of hydrogen-bond acceptors (Lipinski definition) is 5. The van der Waals surface area contributed by atoms with E-state index in [0.29, 0.717) is 24.7 Å². The predicted octanol–water partition coefficient (Wildman–Crippen LogP) is 5.62. The number of aryl methyl sites for hydroxylation is 1. The lowest BCUT2D eigenvalue weighted by Gasteiger charge is -2.49. The summed E-state index contributed by atoms with van der Waals surface area (Å²) in [4.78, 5) is 39.6. The maximum absolute atomic E-state index is 13.3. The number of hydrogen-bond donors (Lipinski definition) is 0. The third-order valence-corrected chi connectivity index (χ3v) is 9.57. The van der Waals surface area contributed by atoms with E-state index in [2.05, 4.69) is 6.92 Å². The summed E-state index contributed by atoms with van der Waals surface area (Å²) >= 11 is 0. The first kappa shape index (κ1) is 25.0. The fourth-order valence-electron chi connectivity index (χ4n) is 7.59. The Hall–Kier alpha value is -2.69. The smallest absolute Gasteiger partial charge is 0.306 e. The molecule has 2 fully saturated rings. The van der Waals surface area contributed by atoms with Crippen LogP contribution in [0.5, 0.6) is 0 Å². The van der Waals surface area contributed by atoms with Gasteiger partial charge in [-0.1, -0.05) is 24.6 Å². The van der Waals surface area contributed by atoms with Crippen molar-refractivity contribution in [2.75, 3.05) is 25.6 Å². The van der Waals surface area contributed by atoms with Gasteiger partial charge in [-0.3, -0.25) is 14.4 Å². The van der Waals surface area contributed by atoms with Crippen LogP contribution in [0.2, 0.25) is 0 Å². The number of rotatable bonds is 7. The highest BCUT2D eigenvalue weighted by Gasteiger charge is 2.55. The minimum absolute atomic E-state index is 0.0158. The molecule has 0 heterocycles. The summed E-state index contributed by atoms with van der Waals surface area (Å²) < 4.78 is 5.47. The number of fused-ring (bicyclic) bond motifs is 4. The Morgan fingerprint density at radius 2 is 1.81 bits per heavy atom. The number of anilines is 1. The average Bonchev–Trinajstić information content (AvgIpc) is 3.23. The van der Waals surface area contributed by atoms with E-state index >= 15 is 0 Å². The van der Waals surface area contributed by atoms with Gasteiger partial charge in [-0.15, -0.1) is 0 Å². The van der Waals surface area contributed by atoms with E-state index in [1.165, 1.54) is 11.1 Å². The fourth-order valence-corrected chi connectivity index (χ4v) is 7.59. The van der Waals surface area contributed by atoms with Crippen LogP contribution in [0.15, 0.2) is 47.1 Å². The van der Waals surface area contributed by atoms with Gasteiger partial charge in [-0.25, -0.2) is 0 Å². The van der Waals surface area contributed by atoms with Crippen molar-refractivity contribution >= 4 is 23.2 Å². The van der Waals surface area contributed by atoms with Gasteiger partial charge in [-0.05, 0) is 104 Å². The number of carbonyl (C=O) groups excluding carboxylic acids is 3. The van der Waals surface area contributed by atoms with Crippen molar-refractivity contribution in [3.8, 4) is 0 Å². The quantitative estimate of drug-likeness (QED) is 0.465. The van der Waals surface area contributed by atoms with Crippen molar-refractivity contribution in [1.82, 2.24) is 0 Å². The Kier molecular flexibility index (Phi) is 6.93. The molecule has 36 heavy (non-hydrogen) atoms. The highest BCUT2D eigenvalue weighted by atomic mass is 16.5. The molecule has 0 unspecified atom stereocenters. The maximum atomic E-state index is 13.3. The SMILES string of the molecule is CN(C)c1ccc(CCC(=O)OCC(=O)[C@H]2CC[C@H]3[C@@H]4CCC5=CC(=O)CCC5=C4CC[C@]23C)cc1. The van der Waals surface area contributed by atoms with Crippen molar-refractivity contribution in [2.45, 2.75) is 71.1 Å². The molecular formula is C31H39NO4. The first-order valence-electron chi connectivity index (χ1n) is 13.7. The molecule has 0 amide bonds. The van der Waals surface area contributed by atoms with E-state index in [1.807, 2.05) is 49.3 Å². The summed E-state index contributed by atoms with van der Waals surface area (Å²) in [6.45, 7) is 2.21. The first-order chi connectivity index (χ1) is 17.3. The lowest BCUT2D eigenvalue weighted by molar-refractivity contribution is -0.150. The summed E-state index contributed by atoms with van der Waals surface area (Å²) in [6.07, 6.45) is 10.5. The number of allylic oxidation sites excluding steroid dienone is 4. The minimum Gasteiger partial charge on any atom is -0.458 e. The van der Waals surface area contributed by atoms with Gasteiger partial charge in [0.2, 0.25) is 0 Å². The fraction of sp³-hybridized carbons (Fsp3) is 0.581. The van der Waals surface area contributed by atoms with Crippen LogP contribution < -0.4 is 4.90 Å². The maximum Gasteiger partial charge on any atom is 0.306 e. The number of benzene rings is 1. The normalized spacial score (nSPS) is 29.1. The molecule has 4 aliphatic carbocycles. The van der Waals surface area contributed by atoms with Gasteiger partial charge in [0.1, 0.15) is 6.61 Å². The van der Waals surface area contributed by atoms with E-state index in [9.17, 15) is 14.4 Å². The Morgan fingerprint density at radius 3 is 2.56 bits per heavy atom. The molecule has 5 heteroatoms. The molecule has 0 N–H and O–H groups in total. The van der Waals surface area contributed by atoms with Crippen molar-refractivity contribution in [2.24, 2.45) is 23.2 Å². The Balaban J connectivity index is 1.17.